The molecule has 0 aromatic heterocycles. The van der Waals surface area contributed by atoms with E-state index in [4.69, 9.17) is 0 Å². The predicted molar refractivity (Wildman–Crippen MR) is 95.7 cm³/mol. The van der Waals surface area contributed by atoms with E-state index in [0.717, 1.165) is 21.2 Å². The van der Waals surface area contributed by atoms with Gasteiger partial charge in [-0.2, -0.15) is 0 Å². The second-order valence-electron chi connectivity index (χ2n) is 6.65. The van der Waals surface area contributed by atoms with Crippen LogP contribution < -0.4 is 21.5 Å². The molecule has 4 nitrogen and oxygen atoms in total. The summed E-state index contributed by atoms with van der Waals surface area (Å²) in [7, 11) is 0. The lowest BCUT2D eigenvalue weighted by Gasteiger charge is -2.25. The quantitative estimate of drug-likeness (QED) is 0.815. The lowest BCUT2D eigenvalue weighted by Crippen LogP contribution is -2.41. The molecule has 0 aliphatic heterocycles. The Morgan fingerprint density at radius 1 is 1.00 bits per heavy atom. The molecule has 0 aliphatic rings. The van der Waals surface area contributed by atoms with Gasteiger partial charge in [0.05, 0.1) is 0 Å². The zero-order valence-electron chi connectivity index (χ0n) is 13.6. The van der Waals surface area contributed by atoms with Crippen LogP contribution in [0.25, 0.3) is 0 Å². The maximum atomic E-state index is 11.8. The molecular formula is C17H21BrN2O2. The van der Waals surface area contributed by atoms with Crippen LogP contribution in [0.5, 0.6) is 0 Å². The van der Waals surface area contributed by atoms with Crippen molar-refractivity contribution in [3.05, 3.63) is 53.7 Å². The average molecular weight is 365 g/mol. The van der Waals surface area contributed by atoms with Crippen LogP contribution in [0.15, 0.2) is 26.2 Å². The number of hydrogen-bond donors (Lipinski definition) is 2. The predicted octanol–water partition coefficient (Wildman–Crippen LogP) is 3.48. The molecule has 0 amide bonds. The number of benzene rings is 1. The first-order valence-corrected chi connectivity index (χ1v) is 8.00. The summed E-state index contributed by atoms with van der Waals surface area (Å²) < 4.78 is 1.04. The monoisotopic (exact) mass is 364 g/mol. The van der Waals surface area contributed by atoms with Gasteiger partial charge in [0.1, 0.15) is 11.4 Å². The molecule has 0 saturated heterocycles. The third kappa shape index (κ3) is 3.40. The van der Waals surface area contributed by atoms with Gasteiger partial charge in [-0.25, -0.2) is 0 Å². The van der Waals surface area contributed by atoms with Crippen molar-refractivity contribution in [3.63, 3.8) is 0 Å². The van der Waals surface area contributed by atoms with Crippen LogP contribution in [0, 0.1) is 13.8 Å². The maximum absolute atomic E-state index is 11.8. The topological polar surface area (TPSA) is 58.2 Å². The minimum atomic E-state index is -0.445. The molecule has 2 aromatic rings. The maximum Gasteiger partial charge on any atom is 0.253 e. The lowest BCUT2D eigenvalue weighted by atomic mass is 10.0. The Morgan fingerprint density at radius 3 is 2.00 bits per heavy atom. The molecule has 0 atom stereocenters. The molecule has 2 rings (SSSR count). The summed E-state index contributed by atoms with van der Waals surface area (Å²) in [4.78, 5) is 23.5. The van der Waals surface area contributed by atoms with Crippen molar-refractivity contribution in [1.29, 1.82) is 0 Å². The summed E-state index contributed by atoms with van der Waals surface area (Å²) in [5.41, 5.74) is 3.05. The second kappa shape index (κ2) is 5.88. The van der Waals surface area contributed by atoms with E-state index in [1.807, 2.05) is 46.8 Å². The summed E-state index contributed by atoms with van der Waals surface area (Å²) in [6.07, 6.45) is 0. The van der Waals surface area contributed by atoms with Gasteiger partial charge < -0.3 is 10.6 Å². The van der Waals surface area contributed by atoms with Crippen LogP contribution in [0.1, 0.15) is 37.5 Å². The summed E-state index contributed by atoms with van der Waals surface area (Å²) in [5.74, 6) is 0. The lowest BCUT2D eigenvalue weighted by molar-refractivity contribution is 0.632. The molecule has 0 saturated carbocycles. The number of halogens is 1. The standard InChI is InChI=1S/C17H21BrN2O2/c1-9-6-11(18)7-10(2)12(9)8-19-13-14(16(22)15(13)21)20-17(3,4)5/h6-7,19-20H,8H2,1-5H3. The van der Waals surface area contributed by atoms with Crippen molar-refractivity contribution < 1.29 is 0 Å². The first-order chi connectivity index (χ1) is 10.1. The van der Waals surface area contributed by atoms with Gasteiger partial charge in [0.15, 0.2) is 0 Å². The Labute approximate surface area is 138 Å². The normalized spacial score (nSPS) is 11.7. The van der Waals surface area contributed by atoms with E-state index in [9.17, 15) is 9.59 Å². The first-order valence-electron chi connectivity index (χ1n) is 7.21. The van der Waals surface area contributed by atoms with Gasteiger partial charge in [-0.1, -0.05) is 15.9 Å². The van der Waals surface area contributed by atoms with Crippen LogP contribution in [0.4, 0.5) is 11.4 Å². The molecular weight excluding hydrogens is 344 g/mol. The fourth-order valence-electron chi connectivity index (χ4n) is 2.45. The van der Waals surface area contributed by atoms with Crippen LogP contribution in [0.3, 0.4) is 0 Å². The summed E-state index contributed by atoms with van der Waals surface area (Å²) in [6, 6.07) is 4.08. The summed E-state index contributed by atoms with van der Waals surface area (Å²) >= 11 is 3.47. The molecule has 0 unspecified atom stereocenters. The van der Waals surface area contributed by atoms with Gasteiger partial charge in [0.2, 0.25) is 0 Å². The molecule has 0 radical (unpaired) electrons. The van der Waals surface area contributed by atoms with E-state index < -0.39 is 10.9 Å². The average Bonchev–Trinajstić information content (AvgIpc) is 2.38. The third-order valence-corrected chi connectivity index (χ3v) is 3.97. The molecule has 0 aliphatic carbocycles. The third-order valence-electron chi connectivity index (χ3n) is 3.51. The summed E-state index contributed by atoms with van der Waals surface area (Å²) in [6.45, 7) is 10.5. The minimum Gasteiger partial charge on any atom is -0.376 e. The van der Waals surface area contributed by atoms with Crippen LogP contribution in [0.2, 0.25) is 0 Å². The smallest absolute Gasteiger partial charge is 0.253 e. The number of anilines is 2. The van der Waals surface area contributed by atoms with Gasteiger partial charge >= 0.3 is 0 Å². The van der Waals surface area contributed by atoms with E-state index in [0.29, 0.717) is 17.9 Å². The fraction of sp³-hybridized carbons (Fsp3) is 0.412. The Kier molecular flexibility index (Phi) is 4.47. The van der Waals surface area contributed by atoms with Crippen molar-refractivity contribution in [2.24, 2.45) is 0 Å². The van der Waals surface area contributed by atoms with Gasteiger partial charge in [0, 0.05) is 16.6 Å². The number of rotatable bonds is 4. The van der Waals surface area contributed by atoms with E-state index in [-0.39, 0.29) is 5.54 Å². The first kappa shape index (κ1) is 16.7. The van der Waals surface area contributed by atoms with Crippen molar-refractivity contribution in [2.75, 3.05) is 10.6 Å². The highest BCUT2D eigenvalue weighted by atomic mass is 79.9. The van der Waals surface area contributed by atoms with E-state index in [2.05, 4.69) is 26.6 Å². The Morgan fingerprint density at radius 2 is 1.50 bits per heavy atom. The van der Waals surface area contributed by atoms with Crippen molar-refractivity contribution in [3.8, 4) is 0 Å². The van der Waals surface area contributed by atoms with Gasteiger partial charge in [0.25, 0.3) is 10.9 Å². The van der Waals surface area contributed by atoms with E-state index in [1.54, 1.807) is 0 Å². The number of hydrogen-bond acceptors (Lipinski definition) is 4. The highest BCUT2D eigenvalue weighted by Crippen LogP contribution is 2.24. The van der Waals surface area contributed by atoms with E-state index >= 15 is 0 Å². The van der Waals surface area contributed by atoms with Gasteiger partial charge in [-0.15, -0.1) is 0 Å². The molecule has 118 valence electrons. The molecule has 0 heterocycles. The summed E-state index contributed by atoms with van der Waals surface area (Å²) in [5, 5.41) is 6.22. The molecule has 2 aromatic carbocycles. The largest absolute Gasteiger partial charge is 0.376 e. The fourth-order valence-corrected chi connectivity index (χ4v) is 3.14. The Bertz CT molecular complexity index is 758. The SMILES string of the molecule is Cc1cc(Br)cc(C)c1CNc1c(NC(C)(C)C)c(=O)c1=O. The zero-order chi connectivity index (χ0) is 16.7. The van der Waals surface area contributed by atoms with Crippen LogP contribution >= 0.6 is 15.9 Å². The molecule has 5 heteroatoms. The molecule has 22 heavy (non-hydrogen) atoms. The number of nitrogens with one attached hydrogen (secondary N) is 2. The molecule has 0 fully saturated rings. The van der Waals surface area contributed by atoms with E-state index in [1.165, 1.54) is 0 Å². The molecule has 2 N–H and O–H groups in total. The molecule has 0 bridgehead atoms. The van der Waals surface area contributed by atoms with Crippen molar-refractivity contribution in [2.45, 2.75) is 46.7 Å². The highest BCUT2D eigenvalue weighted by Gasteiger charge is 2.24. The van der Waals surface area contributed by atoms with Crippen LogP contribution in [-0.2, 0) is 6.54 Å². The minimum absolute atomic E-state index is 0.262. The number of aryl methyl sites for hydroxylation is 2. The second-order valence-corrected chi connectivity index (χ2v) is 7.57. The van der Waals surface area contributed by atoms with Crippen LogP contribution in [-0.4, -0.2) is 5.54 Å². The zero-order valence-corrected chi connectivity index (χ0v) is 15.1. The molecule has 0 spiro atoms. The van der Waals surface area contributed by atoms with Crippen molar-refractivity contribution >= 4 is 27.3 Å². The Hall–Kier alpha value is -1.62. The highest BCUT2D eigenvalue weighted by molar-refractivity contribution is 9.10. The van der Waals surface area contributed by atoms with Gasteiger partial charge in [-0.3, -0.25) is 9.59 Å². The Balaban J connectivity index is 2.22. The van der Waals surface area contributed by atoms with Crippen molar-refractivity contribution in [1.82, 2.24) is 0 Å². The van der Waals surface area contributed by atoms with Gasteiger partial charge in [-0.05, 0) is 63.4 Å².